The summed E-state index contributed by atoms with van der Waals surface area (Å²) in [6, 6.07) is 1.93. The molecule has 21 heavy (non-hydrogen) atoms. The van der Waals surface area contributed by atoms with Gasteiger partial charge < -0.3 is 20.2 Å². The molecule has 2 heterocycles. The molecule has 2 aromatic rings. The first-order valence-electron chi connectivity index (χ1n) is 6.80. The molecule has 3 N–H and O–H groups in total. The lowest BCUT2D eigenvalue weighted by Gasteiger charge is -2.11. The lowest BCUT2D eigenvalue weighted by Crippen LogP contribution is -2.30. The summed E-state index contributed by atoms with van der Waals surface area (Å²) in [5.41, 5.74) is 1.90. The highest BCUT2D eigenvalue weighted by Gasteiger charge is 2.12. The van der Waals surface area contributed by atoms with E-state index < -0.39 is 0 Å². The fraction of sp³-hybridized carbons (Fsp3) is 0.429. The molecular formula is C14H20N4O3. The zero-order valence-corrected chi connectivity index (χ0v) is 12.2. The Morgan fingerprint density at radius 2 is 2.38 bits per heavy atom. The number of carbonyl (C=O) groups excluding carboxylic acids is 1. The number of aromatic nitrogens is 2. The first kappa shape index (κ1) is 15.1. The molecule has 0 radical (unpaired) electrons. The molecule has 2 rings (SSSR count). The van der Waals surface area contributed by atoms with Gasteiger partial charge in [-0.15, -0.1) is 0 Å². The number of nitrogens with one attached hydrogen (secondary N) is 2. The van der Waals surface area contributed by atoms with Gasteiger partial charge in [0.25, 0.3) is 0 Å². The number of aliphatic hydroxyl groups excluding tert-OH is 1. The van der Waals surface area contributed by atoms with E-state index in [0.717, 1.165) is 17.0 Å². The Bertz CT molecular complexity index is 591. The highest BCUT2D eigenvalue weighted by Crippen LogP contribution is 2.22. The van der Waals surface area contributed by atoms with Crippen LogP contribution in [0.4, 0.5) is 5.69 Å². The van der Waals surface area contributed by atoms with Crippen molar-refractivity contribution in [1.82, 2.24) is 15.1 Å². The van der Waals surface area contributed by atoms with Gasteiger partial charge in [-0.25, -0.2) is 0 Å². The standard InChI is InChI=1S/C14H20N4O3/c1-10-3-6-21-14(10)11(2)17-12-7-16-18(8-12)9-13(20)15-4-5-19/h3,6-8,11,17,19H,4-5,9H2,1-2H3,(H,15,20). The third-order valence-electron chi connectivity index (χ3n) is 3.05. The quantitative estimate of drug-likeness (QED) is 0.710. The number of aliphatic hydroxyl groups is 1. The monoisotopic (exact) mass is 292 g/mol. The minimum atomic E-state index is -0.186. The van der Waals surface area contributed by atoms with Gasteiger partial charge in [0.2, 0.25) is 5.91 Å². The van der Waals surface area contributed by atoms with Crippen LogP contribution in [-0.4, -0.2) is 33.9 Å². The number of amides is 1. The summed E-state index contributed by atoms with van der Waals surface area (Å²) < 4.78 is 6.97. The summed E-state index contributed by atoms with van der Waals surface area (Å²) in [6.45, 7) is 4.29. The van der Waals surface area contributed by atoms with Gasteiger partial charge in [0.1, 0.15) is 12.3 Å². The third-order valence-corrected chi connectivity index (χ3v) is 3.05. The van der Waals surface area contributed by atoms with Crippen molar-refractivity contribution in [3.63, 3.8) is 0 Å². The lowest BCUT2D eigenvalue weighted by atomic mass is 10.2. The highest BCUT2D eigenvalue weighted by molar-refractivity contribution is 5.75. The number of carbonyl (C=O) groups is 1. The summed E-state index contributed by atoms with van der Waals surface area (Å²) in [6.07, 6.45) is 5.08. The normalized spacial score (nSPS) is 12.1. The van der Waals surface area contributed by atoms with E-state index in [1.54, 1.807) is 18.7 Å². The van der Waals surface area contributed by atoms with Crippen molar-refractivity contribution in [2.45, 2.75) is 26.4 Å². The summed E-state index contributed by atoms with van der Waals surface area (Å²) in [4.78, 5) is 11.5. The van der Waals surface area contributed by atoms with Gasteiger partial charge in [-0.2, -0.15) is 5.10 Å². The van der Waals surface area contributed by atoms with E-state index in [1.165, 1.54) is 4.68 Å². The van der Waals surface area contributed by atoms with Crippen LogP contribution in [0.3, 0.4) is 0 Å². The van der Waals surface area contributed by atoms with Crippen LogP contribution in [0.2, 0.25) is 0 Å². The molecule has 1 amide bonds. The van der Waals surface area contributed by atoms with Crippen LogP contribution >= 0.6 is 0 Å². The van der Waals surface area contributed by atoms with Crippen molar-refractivity contribution in [3.05, 3.63) is 36.0 Å². The average Bonchev–Trinajstić information content (AvgIpc) is 3.05. The van der Waals surface area contributed by atoms with Crippen LogP contribution in [0, 0.1) is 6.92 Å². The minimum Gasteiger partial charge on any atom is -0.467 e. The molecule has 0 saturated carbocycles. The van der Waals surface area contributed by atoms with Crippen molar-refractivity contribution in [2.24, 2.45) is 0 Å². The SMILES string of the molecule is Cc1ccoc1C(C)Nc1cnn(CC(=O)NCCO)c1. The maximum absolute atomic E-state index is 11.5. The molecule has 0 aromatic carbocycles. The molecule has 7 nitrogen and oxygen atoms in total. The molecular weight excluding hydrogens is 272 g/mol. The molecule has 0 aliphatic rings. The van der Waals surface area contributed by atoms with E-state index in [0.29, 0.717) is 0 Å². The van der Waals surface area contributed by atoms with Crippen LogP contribution in [0.15, 0.2) is 29.1 Å². The van der Waals surface area contributed by atoms with Gasteiger partial charge in [-0.05, 0) is 25.5 Å². The summed E-state index contributed by atoms with van der Waals surface area (Å²) in [7, 11) is 0. The van der Waals surface area contributed by atoms with Crippen molar-refractivity contribution in [3.8, 4) is 0 Å². The van der Waals surface area contributed by atoms with Gasteiger partial charge in [0, 0.05) is 12.7 Å². The first-order chi connectivity index (χ1) is 10.1. The molecule has 0 aliphatic carbocycles. The third kappa shape index (κ3) is 4.09. The number of furan rings is 1. The van der Waals surface area contributed by atoms with E-state index in [1.807, 2.05) is 19.9 Å². The minimum absolute atomic E-state index is 0.0147. The maximum atomic E-state index is 11.5. The van der Waals surface area contributed by atoms with E-state index in [2.05, 4.69) is 15.7 Å². The number of nitrogens with zero attached hydrogens (tertiary/aromatic N) is 2. The van der Waals surface area contributed by atoms with Crippen molar-refractivity contribution < 1.29 is 14.3 Å². The second-order valence-electron chi connectivity index (χ2n) is 4.83. The van der Waals surface area contributed by atoms with Crippen molar-refractivity contribution >= 4 is 11.6 Å². The second-order valence-corrected chi connectivity index (χ2v) is 4.83. The van der Waals surface area contributed by atoms with E-state index in [9.17, 15) is 4.79 Å². The zero-order chi connectivity index (χ0) is 15.2. The average molecular weight is 292 g/mol. The Kier molecular flexibility index (Phi) is 4.99. The second kappa shape index (κ2) is 6.94. The van der Waals surface area contributed by atoms with Gasteiger partial charge in [0.05, 0.1) is 30.8 Å². The van der Waals surface area contributed by atoms with E-state index >= 15 is 0 Å². The molecule has 0 aliphatic heterocycles. The molecule has 1 unspecified atom stereocenters. The van der Waals surface area contributed by atoms with Crippen LogP contribution in [-0.2, 0) is 11.3 Å². The largest absolute Gasteiger partial charge is 0.467 e. The Hall–Kier alpha value is -2.28. The number of hydrogen-bond donors (Lipinski definition) is 3. The molecule has 0 bridgehead atoms. The first-order valence-corrected chi connectivity index (χ1v) is 6.80. The number of anilines is 1. The molecule has 0 fully saturated rings. The number of aryl methyl sites for hydroxylation is 1. The van der Waals surface area contributed by atoms with Crippen LogP contribution in [0.1, 0.15) is 24.3 Å². The van der Waals surface area contributed by atoms with Crippen LogP contribution < -0.4 is 10.6 Å². The van der Waals surface area contributed by atoms with Crippen LogP contribution in [0.5, 0.6) is 0 Å². The molecule has 114 valence electrons. The zero-order valence-electron chi connectivity index (χ0n) is 12.2. The molecule has 0 spiro atoms. The van der Waals surface area contributed by atoms with Crippen molar-refractivity contribution in [1.29, 1.82) is 0 Å². The maximum Gasteiger partial charge on any atom is 0.241 e. The fourth-order valence-electron chi connectivity index (χ4n) is 2.07. The van der Waals surface area contributed by atoms with Gasteiger partial charge >= 0.3 is 0 Å². The predicted octanol–water partition coefficient (Wildman–Crippen LogP) is 1.07. The van der Waals surface area contributed by atoms with Crippen molar-refractivity contribution in [2.75, 3.05) is 18.5 Å². The number of rotatable bonds is 7. The molecule has 0 saturated heterocycles. The summed E-state index contributed by atoms with van der Waals surface area (Å²) in [5, 5.41) is 18.6. The fourth-order valence-corrected chi connectivity index (χ4v) is 2.07. The van der Waals surface area contributed by atoms with Crippen LogP contribution in [0.25, 0.3) is 0 Å². The Labute approximate surface area is 123 Å². The topological polar surface area (TPSA) is 92.3 Å². The van der Waals surface area contributed by atoms with Gasteiger partial charge in [-0.1, -0.05) is 0 Å². The van der Waals surface area contributed by atoms with Gasteiger partial charge in [-0.3, -0.25) is 9.48 Å². The lowest BCUT2D eigenvalue weighted by molar-refractivity contribution is -0.122. The van der Waals surface area contributed by atoms with Gasteiger partial charge in [0.15, 0.2) is 0 Å². The predicted molar refractivity (Wildman–Crippen MR) is 77.8 cm³/mol. The summed E-state index contributed by atoms with van der Waals surface area (Å²) in [5.74, 6) is 0.692. The Morgan fingerprint density at radius 3 is 3.05 bits per heavy atom. The molecule has 2 aromatic heterocycles. The smallest absolute Gasteiger partial charge is 0.241 e. The van der Waals surface area contributed by atoms with E-state index in [4.69, 9.17) is 9.52 Å². The number of hydrogen-bond acceptors (Lipinski definition) is 5. The van der Waals surface area contributed by atoms with E-state index in [-0.39, 0.29) is 31.6 Å². The highest BCUT2D eigenvalue weighted by atomic mass is 16.3. The summed E-state index contributed by atoms with van der Waals surface area (Å²) >= 11 is 0. The molecule has 1 atom stereocenters. The molecule has 7 heteroatoms. The Balaban J connectivity index is 1.91. The Morgan fingerprint density at radius 1 is 1.57 bits per heavy atom.